The topological polar surface area (TPSA) is 66.5 Å². The molecule has 1 aliphatic heterocycles. The van der Waals surface area contributed by atoms with E-state index in [-0.39, 0.29) is 17.3 Å². The number of carbonyl (C=O) groups is 1. The molecule has 3 rings (SSSR count). The summed E-state index contributed by atoms with van der Waals surface area (Å²) in [7, 11) is -3.66. The molecule has 1 saturated heterocycles. The number of sulfonamides is 1. The quantitative estimate of drug-likeness (QED) is 0.790. The summed E-state index contributed by atoms with van der Waals surface area (Å²) in [5.74, 6) is -0.615. The first-order valence-corrected chi connectivity index (χ1v) is 10.8. The number of hydrogen-bond donors (Lipinski definition) is 1. The maximum atomic E-state index is 12.9. The van der Waals surface area contributed by atoms with Gasteiger partial charge in [0, 0.05) is 28.8 Å². The lowest BCUT2D eigenvalue weighted by molar-refractivity contribution is -0.120. The predicted molar refractivity (Wildman–Crippen MR) is 108 cm³/mol. The molecule has 1 aliphatic rings. The highest BCUT2D eigenvalue weighted by molar-refractivity contribution is 7.89. The average Bonchev–Trinajstić information content (AvgIpc) is 2.66. The summed E-state index contributed by atoms with van der Waals surface area (Å²) in [5, 5.41) is 3.92. The number of nitrogens with one attached hydrogen (secondary N) is 1. The van der Waals surface area contributed by atoms with Crippen LogP contribution in [0.4, 0.5) is 5.69 Å². The van der Waals surface area contributed by atoms with Crippen LogP contribution >= 0.6 is 23.2 Å². The van der Waals surface area contributed by atoms with Gasteiger partial charge in [0.1, 0.15) is 0 Å². The fourth-order valence-electron chi connectivity index (χ4n) is 3.11. The number of nitrogens with zero attached hydrogens (tertiary/aromatic N) is 1. The van der Waals surface area contributed by atoms with E-state index in [0.29, 0.717) is 35.1 Å². The Balaban J connectivity index is 1.74. The van der Waals surface area contributed by atoms with Crippen LogP contribution in [0.3, 0.4) is 0 Å². The van der Waals surface area contributed by atoms with Gasteiger partial charge >= 0.3 is 0 Å². The fourth-order valence-corrected chi connectivity index (χ4v) is 4.93. The highest BCUT2D eigenvalue weighted by Crippen LogP contribution is 2.27. The summed E-state index contributed by atoms with van der Waals surface area (Å²) in [6.07, 6.45) is 1.26. The highest BCUT2D eigenvalue weighted by Gasteiger charge is 2.33. The maximum absolute atomic E-state index is 12.9. The van der Waals surface area contributed by atoms with Crippen LogP contribution in [-0.2, 0) is 14.8 Å². The molecule has 2 aromatic rings. The van der Waals surface area contributed by atoms with Crippen molar-refractivity contribution in [1.29, 1.82) is 0 Å². The first-order chi connectivity index (χ1) is 12.8. The summed E-state index contributed by atoms with van der Waals surface area (Å²) < 4.78 is 27.1. The molecule has 8 heteroatoms. The number of halogens is 2. The van der Waals surface area contributed by atoms with E-state index in [1.54, 1.807) is 30.3 Å². The Morgan fingerprint density at radius 2 is 1.85 bits per heavy atom. The van der Waals surface area contributed by atoms with Crippen LogP contribution < -0.4 is 5.32 Å². The lowest BCUT2D eigenvalue weighted by atomic mass is 9.98. The second kappa shape index (κ2) is 8.19. The van der Waals surface area contributed by atoms with Gasteiger partial charge in [0.05, 0.1) is 10.8 Å². The van der Waals surface area contributed by atoms with E-state index in [1.807, 2.05) is 6.92 Å². The van der Waals surface area contributed by atoms with Crippen molar-refractivity contribution >= 4 is 44.8 Å². The number of anilines is 1. The average molecular weight is 427 g/mol. The molecular formula is C19H20Cl2N2O3S. The first-order valence-electron chi connectivity index (χ1n) is 8.61. The lowest BCUT2D eigenvalue weighted by Gasteiger charge is -2.31. The minimum absolute atomic E-state index is 0.149. The second-order valence-electron chi connectivity index (χ2n) is 6.56. The Morgan fingerprint density at radius 3 is 2.56 bits per heavy atom. The fraction of sp³-hybridized carbons (Fsp3) is 0.316. The molecule has 0 aromatic heterocycles. The Kier molecular flexibility index (Phi) is 6.11. The molecule has 5 nitrogen and oxygen atoms in total. The van der Waals surface area contributed by atoms with Gasteiger partial charge in [0.2, 0.25) is 15.9 Å². The third-order valence-corrected chi connectivity index (χ3v) is 7.27. The summed E-state index contributed by atoms with van der Waals surface area (Å²) in [5.41, 5.74) is 1.43. The Morgan fingerprint density at radius 1 is 1.15 bits per heavy atom. The summed E-state index contributed by atoms with van der Waals surface area (Å²) in [4.78, 5) is 12.9. The molecule has 27 heavy (non-hydrogen) atoms. The molecule has 1 amide bonds. The third-order valence-electron chi connectivity index (χ3n) is 4.73. The maximum Gasteiger partial charge on any atom is 0.243 e. The van der Waals surface area contributed by atoms with Gasteiger partial charge in [-0.05, 0) is 61.7 Å². The van der Waals surface area contributed by atoms with Crippen LogP contribution in [0.2, 0.25) is 10.0 Å². The molecule has 0 bridgehead atoms. The normalized spacial score (nSPS) is 18.3. The number of hydrogen-bond acceptors (Lipinski definition) is 3. The van der Waals surface area contributed by atoms with Gasteiger partial charge in [0.25, 0.3) is 0 Å². The van der Waals surface area contributed by atoms with Crippen LogP contribution in [0, 0.1) is 12.8 Å². The molecule has 1 N–H and O–H groups in total. The van der Waals surface area contributed by atoms with Crippen molar-refractivity contribution in [3.05, 3.63) is 58.1 Å². The van der Waals surface area contributed by atoms with Gasteiger partial charge in [-0.2, -0.15) is 4.31 Å². The summed E-state index contributed by atoms with van der Waals surface area (Å²) in [6.45, 7) is 2.37. The van der Waals surface area contributed by atoms with Crippen molar-refractivity contribution < 1.29 is 13.2 Å². The molecule has 144 valence electrons. The molecule has 2 aromatic carbocycles. The molecule has 0 spiro atoms. The molecule has 0 aliphatic carbocycles. The van der Waals surface area contributed by atoms with Crippen LogP contribution in [0.15, 0.2) is 47.4 Å². The smallest absolute Gasteiger partial charge is 0.243 e. The minimum Gasteiger partial charge on any atom is -0.326 e. The van der Waals surface area contributed by atoms with Crippen molar-refractivity contribution in [3.63, 3.8) is 0 Å². The van der Waals surface area contributed by atoms with E-state index in [4.69, 9.17) is 23.2 Å². The van der Waals surface area contributed by atoms with Crippen LogP contribution in [0.1, 0.15) is 18.4 Å². The third kappa shape index (κ3) is 4.46. The molecular weight excluding hydrogens is 407 g/mol. The number of rotatable bonds is 4. The van der Waals surface area contributed by atoms with E-state index in [1.165, 1.54) is 16.4 Å². The minimum atomic E-state index is -3.66. The Hall–Kier alpha value is -1.60. The molecule has 1 heterocycles. The van der Waals surface area contributed by atoms with Gasteiger partial charge in [-0.1, -0.05) is 29.3 Å². The molecule has 1 fully saturated rings. The molecule has 0 unspecified atom stereocenters. The number of amides is 1. The lowest BCUT2D eigenvalue weighted by Crippen LogP contribution is -2.43. The van der Waals surface area contributed by atoms with Crippen molar-refractivity contribution in [1.82, 2.24) is 4.31 Å². The predicted octanol–water partition coefficient (Wildman–Crippen LogP) is 4.34. The van der Waals surface area contributed by atoms with E-state index < -0.39 is 15.9 Å². The number of piperidine rings is 1. The standard InChI is InChI=1S/C19H20Cl2N2O3S/c1-13-17(21)5-2-6-18(13)22-19(24)14-4-3-11-23(12-14)27(25,26)16-9-7-15(20)8-10-16/h2,5-10,14H,3-4,11-12H2,1H3,(H,22,24)/t14-/m1/s1. The van der Waals surface area contributed by atoms with E-state index in [0.717, 1.165) is 5.56 Å². The van der Waals surface area contributed by atoms with Crippen molar-refractivity contribution in [2.24, 2.45) is 5.92 Å². The summed E-state index contributed by atoms with van der Waals surface area (Å²) >= 11 is 11.9. The second-order valence-corrected chi connectivity index (χ2v) is 9.34. The zero-order chi connectivity index (χ0) is 19.6. The van der Waals surface area contributed by atoms with Crippen LogP contribution in [0.25, 0.3) is 0 Å². The van der Waals surface area contributed by atoms with Gasteiger partial charge in [-0.15, -0.1) is 0 Å². The number of carbonyl (C=O) groups excluding carboxylic acids is 1. The summed E-state index contributed by atoms with van der Waals surface area (Å²) in [6, 6.07) is 11.4. The van der Waals surface area contributed by atoms with Gasteiger partial charge in [-0.25, -0.2) is 8.42 Å². The van der Waals surface area contributed by atoms with Gasteiger partial charge < -0.3 is 5.32 Å². The Labute approximate surface area is 169 Å². The van der Waals surface area contributed by atoms with Crippen molar-refractivity contribution in [2.75, 3.05) is 18.4 Å². The number of benzene rings is 2. The SMILES string of the molecule is Cc1c(Cl)cccc1NC(=O)[C@@H]1CCCN(S(=O)(=O)c2ccc(Cl)cc2)C1. The van der Waals surface area contributed by atoms with Gasteiger partial charge in [-0.3, -0.25) is 4.79 Å². The Bertz CT molecular complexity index is 946. The largest absolute Gasteiger partial charge is 0.326 e. The van der Waals surface area contributed by atoms with Crippen LogP contribution in [-0.4, -0.2) is 31.7 Å². The molecule has 0 saturated carbocycles. The first kappa shape index (κ1) is 20.1. The monoisotopic (exact) mass is 426 g/mol. The zero-order valence-corrected chi connectivity index (χ0v) is 17.1. The van der Waals surface area contributed by atoms with E-state index in [9.17, 15) is 13.2 Å². The zero-order valence-electron chi connectivity index (χ0n) is 14.8. The molecule has 0 radical (unpaired) electrons. The molecule has 1 atom stereocenters. The van der Waals surface area contributed by atoms with Gasteiger partial charge in [0.15, 0.2) is 0 Å². The van der Waals surface area contributed by atoms with E-state index >= 15 is 0 Å². The van der Waals surface area contributed by atoms with Crippen molar-refractivity contribution in [2.45, 2.75) is 24.7 Å². The van der Waals surface area contributed by atoms with Crippen molar-refractivity contribution in [3.8, 4) is 0 Å². The van der Waals surface area contributed by atoms with Crippen LogP contribution in [0.5, 0.6) is 0 Å². The van der Waals surface area contributed by atoms with E-state index in [2.05, 4.69) is 5.32 Å². The highest BCUT2D eigenvalue weighted by atomic mass is 35.5.